The first-order valence-electron chi connectivity index (χ1n) is 6.59. The zero-order chi connectivity index (χ0) is 12.3. The minimum absolute atomic E-state index is 0.146. The zero-order valence-electron chi connectivity index (χ0n) is 10.7. The van der Waals surface area contributed by atoms with Gasteiger partial charge in [-0.15, -0.1) is 0 Å². The van der Waals surface area contributed by atoms with Gasteiger partial charge in [0.1, 0.15) is 5.82 Å². The fraction of sp³-hybridized carbons (Fsp3) is 0.643. The summed E-state index contributed by atoms with van der Waals surface area (Å²) in [4.78, 5) is 6.52. The minimum Gasteiger partial charge on any atom is -0.370 e. The molecule has 0 aliphatic carbocycles. The molecule has 94 valence electrons. The van der Waals surface area contributed by atoms with Crippen LogP contribution < -0.4 is 4.90 Å². The summed E-state index contributed by atoms with van der Waals surface area (Å²) in [5, 5.41) is 0. The third-order valence-corrected chi connectivity index (χ3v) is 3.37. The Bertz CT molecular complexity index is 368. The van der Waals surface area contributed by atoms with Gasteiger partial charge in [0.25, 0.3) is 0 Å². The largest absolute Gasteiger partial charge is 0.370 e. The Hall–Kier alpha value is -1.12. The molecular weight excluding hydrogens is 215 g/mol. The summed E-state index contributed by atoms with van der Waals surface area (Å²) >= 11 is 0. The Morgan fingerprint density at radius 1 is 1.18 bits per heavy atom. The van der Waals surface area contributed by atoms with Crippen LogP contribution in [0.2, 0.25) is 0 Å². The molecule has 0 bridgehead atoms. The Morgan fingerprint density at radius 3 is 2.35 bits per heavy atom. The Balaban J connectivity index is 2.18. The van der Waals surface area contributed by atoms with E-state index in [1.165, 1.54) is 25.7 Å². The second-order valence-corrected chi connectivity index (χ2v) is 5.12. The van der Waals surface area contributed by atoms with Gasteiger partial charge < -0.3 is 4.90 Å². The normalized spacial score (nSPS) is 17.3. The van der Waals surface area contributed by atoms with E-state index in [9.17, 15) is 4.39 Å². The lowest BCUT2D eigenvalue weighted by molar-refractivity contribution is 0.583. The third kappa shape index (κ3) is 2.96. The molecule has 17 heavy (non-hydrogen) atoms. The van der Waals surface area contributed by atoms with Gasteiger partial charge in [-0.1, -0.05) is 26.7 Å². The van der Waals surface area contributed by atoms with Crippen molar-refractivity contribution in [1.29, 1.82) is 0 Å². The lowest BCUT2D eigenvalue weighted by Gasteiger charge is -2.22. The van der Waals surface area contributed by atoms with Gasteiger partial charge in [0.2, 0.25) is 0 Å². The molecule has 0 radical (unpaired) electrons. The van der Waals surface area contributed by atoms with Crippen molar-refractivity contribution < 1.29 is 4.39 Å². The predicted molar refractivity (Wildman–Crippen MR) is 69.0 cm³/mol. The number of halogens is 1. The maximum Gasteiger partial charge on any atom is 0.147 e. The van der Waals surface area contributed by atoms with Gasteiger partial charge in [0.15, 0.2) is 0 Å². The average molecular weight is 236 g/mol. The van der Waals surface area contributed by atoms with Gasteiger partial charge in [0.05, 0.1) is 17.6 Å². The third-order valence-electron chi connectivity index (χ3n) is 3.37. The standard InChI is InChI=1S/C14H21FN2/c1-11(2)14-13(15)9-12(10-16-14)17-7-5-3-4-6-8-17/h9-11H,3-8H2,1-2H3. The van der Waals surface area contributed by atoms with Gasteiger partial charge in [0, 0.05) is 19.2 Å². The molecule has 0 saturated carbocycles. The molecule has 2 heterocycles. The second kappa shape index (κ2) is 5.48. The van der Waals surface area contributed by atoms with E-state index in [2.05, 4.69) is 9.88 Å². The van der Waals surface area contributed by atoms with Crippen LogP contribution in [0.3, 0.4) is 0 Å². The van der Waals surface area contributed by atoms with E-state index < -0.39 is 0 Å². The molecule has 0 unspecified atom stereocenters. The fourth-order valence-electron chi connectivity index (χ4n) is 2.37. The topological polar surface area (TPSA) is 16.1 Å². The number of pyridine rings is 1. The van der Waals surface area contributed by atoms with Crippen LogP contribution >= 0.6 is 0 Å². The molecule has 0 aromatic carbocycles. The van der Waals surface area contributed by atoms with Crippen LogP contribution in [0.15, 0.2) is 12.3 Å². The molecule has 1 aromatic rings. The molecule has 1 saturated heterocycles. The van der Waals surface area contributed by atoms with Crippen molar-refractivity contribution in [3.8, 4) is 0 Å². The summed E-state index contributed by atoms with van der Waals surface area (Å²) in [6.45, 7) is 6.00. The van der Waals surface area contributed by atoms with Crippen LogP contribution in [0, 0.1) is 5.82 Å². The Morgan fingerprint density at radius 2 is 1.82 bits per heavy atom. The lowest BCUT2D eigenvalue weighted by atomic mass is 10.1. The first-order chi connectivity index (χ1) is 8.18. The van der Waals surface area contributed by atoms with Crippen molar-refractivity contribution in [1.82, 2.24) is 4.98 Å². The number of rotatable bonds is 2. The van der Waals surface area contributed by atoms with Crippen LogP contribution in [-0.4, -0.2) is 18.1 Å². The van der Waals surface area contributed by atoms with Crippen molar-refractivity contribution >= 4 is 5.69 Å². The van der Waals surface area contributed by atoms with Crippen LogP contribution in [0.4, 0.5) is 10.1 Å². The molecule has 2 nitrogen and oxygen atoms in total. The number of hydrogen-bond donors (Lipinski definition) is 0. The van der Waals surface area contributed by atoms with E-state index in [0.717, 1.165) is 18.8 Å². The van der Waals surface area contributed by atoms with Gasteiger partial charge in [-0.2, -0.15) is 0 Å². The molecule has 2 rings (SSSR count). The first-order valence-corrected chi connectivity index (χ1v) is 6.59. The number of anilines is 1. The van der Waals surface area contributed by atoms with Crippen molar-refractivity contribution in [2.75, 3.05) is 18.0 Å². The van der Waals surface area contributed by atoms with E-state index in [0.29, 0.717) is 5.69 Å². The van der Waals surface area contributed by atoms with E-state index in [-0.39, 0.29) is 11.7 Å². The molecule has 1 aromatic heterocycles. The van der Waals surface area contributed by atoms with Gasteiger partial charge in [-0.25, -0.2) is 4.39 Å². The number of aromatic nitrogens is 1. The highest BCUT2D eigenvalue weighted by Crippen LogP contribution is 2.23. The molecule has 1 aliphatic rings. The molecule has 3 heteroatoms. The highest BCUT2D eigenvalue weighted by atomic mass is 19.1. The van der Waals surface area contributed by atoms with E-state index >= 15 is 0 Å². The summed E-state index contributed by atoms with van der Waals surface area (Å²) in [7, 11) is 0. The quantitative estimate of drug-likeness (QED) is 0.778. The lowest BCUT2D eigenvalue weighted by Crippen LogP contribution is -2.24. The predicted octanol–water partition coefficient (Wildman–Crippen LogP) is 3.72. The van der Waals surface area contributed by atoms with E-state index in [4.69, 9.17) is 0 Å². The summed E-state index contributed by atoms with van der Waals surface area (Å²) in [6.07, 6.45) is 6.80. The summed E-state index contributed by atoms with van der Waals surface area (Å²) < 4.78 is 13.9. The SMILES string of the molecule is CC(C)c1ncc(N2CCCCCC2)cc1F. The van der Waals surface area contributed by atoms with Crippen molar-refractivity contribution in [2.45, 2.75) is 45.4 Å². The van der Waals surface area contributed by atoms with Gasteiger partial charge in [-0.3, -0.25) is 4.98 Å². The van der Waals surface area contributed by atoms with Crippen LogP contribution in [0.1, 0.15) is 51.1 Å². The minimum atomic E-state index is -0.165. The molecule has 0 amide bonds. The van der Waals surface area contributed by atoms with Gasteiger partial charge >= 0.3 is 0 Å². The molecule has 0 spiro atoms. The highest BCUT2D eigenvalue weighted by molar-refractivity contribution is 5.45. The first kappa shape index (κ1) is 12.3. The highest BCUT2D eigenvalue weighted by Gasteiger charge is 2.14. The molecular formula is C14H21FN2. The van der Waals surface area contributed by atoms with Crippen LogP contribution in [-0.2, 0) is 0 Å². The molecule has 1 fully saturated rings. The van der Waals surface area contributed by atoms with Crippen molar-refractivity contribution in [3.63, 3.8) is 0 Å². The fourth-order valence-corrected chi connectivity index (χ4v) is 2.37. The smallest absolute Gasteiger partial charge is 0.147 e. The maximum absolute atomic E-state index is 13.9. The Kier molecular flexibility index (Phi) is 3.97. The van der Waals surface area contributed by atoms with Crippen LogP contribution in [0.5, 0.6) is 0 Å². The maximum atomic E-state index is 13.9. The number of hydrogen-bond acceptors (Lipinski definition) is 2. The second-order valence-electron chi connectivity index (χ2n) is 5.12. The molecule has 0 atom stereocenters. The summed E-state index contributed by atoms with van der Waals surface area (Å²) in [5.74, 6) is -0.0186. The van der Waals surface area contributed by atoms with Gasteiger partial charge in [-0.05, 0) is 18.8 Å². The Labute approximate surface area is 103 Å². The van der Waals surface area contributed by atoms with Crippen LogP contribution in [0.25, 0.3) is 0 Å². The summed E-state index contributed by atoms with van der Waals surface area (Å²) in [5.41, 5.74) is 1.51. The molecule has 0 N–H and O–H groups in total. The zero-order valence-corrected chi connectivity index (χ0v) is 10.7. The molecule has 1 aliphatic heterocycles. The van der Waals surface area contributed by atoms with Crippen molar-refractivity contribution in [3.05, 3.63) is 23.8 Å². The monoisotopic (exact) mass is 236 g/mol. The number of nitrogens with zero attached hydrogens (tertiary/aromatic N) is 2. The van der Waals surface area contributed by atoms with E-state index in [1.807, 2.05) is 20.0 Å². The summed E-state index contributed by atoms with van der Waals surface area (Å²) in [6, 6.07) is 1.65. The average Bonchev–Trinajstić information content (AvgIpc) is 2.56. The van der Waals surface area contributed by atoms with E-state index in [1.54, 1.807) is 6.07 Å². The van der Waals surface area contributed by atoms with Crippen molar-refractivity contribution in [2.24, 2.45) is 0 Å².